The molecule has 3 unspecified atom stereocenters. The fourth-order valence-corrected chi connectivity index (χ4v) is 5.45. The molecule has 1 amide bonds. The second kappa shape index (κ2) is 7.35. The lowest BCUT2D eigenvalue weighted by atomic mass is 9.71. The lowest BCUT2D eigenvalue weighted by molar-refractivity contribution is -0.126. The number of carbonyl (C=O) groups excluding carboxylic acids is 2. The summed E-state index contributed by atoms with van der Waals surface area (Å²) >= 11 is 3.51. The summed E-state index contributed by atoms with van der Waals surface area (Å²) in [6.45, 7) is 0.467. The molecule has 156 valence electrons. The highest BCUT2D eigenvalue weighted by atomic mass is 79.9. The van der Waals surface area contributed by atoms with Gasteiger partial charge < -0.3 is 5.32 Å². The van der Waals surface area contributed by atoms with Crippen molar-refractivity contribution in [3.8, 4) is 0 Å². The van der Waals surface area contributed by atoms with Crippen LogP contribution >= 0.6 is 15.9 Å². The number of aromatic nitrogens is 1. The van der Waals surface area contributed by atoms with Gasteiger partial charge in [0.05, 0.1) is 5.92 Å². The number of likely N-dealkylation sites (N-methyl/N-ethyl adjacent to an activating group) is 1. The lowest BCUT2D eigenvalue weighted by Gasteiger charge is -2.35. The number of rotatable bonds is 3. The van der Waals surface area contributed by atoms with Crippen LogP contribution in [0.4, 0.5) is 10.1 Å². The predicted octanol–water partition coefficient (Wildman–Crippen LogP) is 4.36. The molecule has 2 aliphatic rings. The summed E-state index contributed by atoms with van der Waals surface area (Å²) in [6, 6.07) is 17.0. The maximum atomic E-state index is 13.9. The normalized spacial score (nSPS) is 24.9. The van der Waals surface area contributed by atoms with Crippen LogP contribution < -0.4 is 5.32 Å². The smallest absolute Gasteiger partial charge is 0.250 e. The van der Waals surface area contributed by atoms with Crippen LogP contribution in [0.2, 0.25) is 0 Å². The van der Waals surface area contributed by atoms with Gasteiger partial charge in [0.15, 0.2) is 5.78 Å². The highest BCUT2D eigenvalue weighted by Gasteiger charge is 2.64. The van der Waals surface area contributed by atoms with Crippen molar-refractivity contribution < 1.29 is 14.0 Å². The first-order valence-electron chi connectivity index (χ1n) is 9.96. The maximum Gasteiger partial charge on any atom is 0.250 e. The van der Waals surface area contributed by atoms with Crippen molar-refractivity contribution in [2.24, 2.45) is 5.92 Å². The molecule has 3 aromatic rings. The zero-order valence-electron chi connectivity index (χ0n) is 16.7. The molecule has 1 fully saturated rings. The molecule has 3 atom stereocenters. The number of benzene rings is 2. The quantitative estimate of drug-likeness (QED) is 0.566. The first-order chi connectivity index (χ1) is 14.9. The fourth-order valence-electron chi connectivity index (χ4n) is 5.09. The van der Waals surface area contributed by atoms with Gasteiger partial charge in [-0.2, -0.15) is 0 Å². The maximum absolute atomic E-state index is 13.9. The molecule has 5 rings (SSSR count). The van der Waals surface area contributed by atoms with Crippen molar-refractivity contribution in [1.29, 1.82) is 0 Å². The third-order valence-corrected chi connectivity index (χ3v) is 6.90. The van der Waals surface area contributed by atoms with E-state index in [9.17, 15) is 14.0 Å². The molecule has 3 heterocycles. The summed E-state index contributed by atoms with van der Waals surface area (Å²) in [5.41, 5.74) is 1.39. The summed E-state index contributed by atoms with van der Waals surface area (Å²) in [5, 5.41) is 2.97. The Hall–Kier alpha value is -2.90. The van der Waals surface area contributed by atoms with Crippen molar-refractivity contribution >= 4 is 33.3 Å². The number of anilines is 1. The Kier molecular flexibility index (Phi) is 4.75. The van der Waals surface area contributed by atoms with Gasteiger partial charge in [0, 0.05) is 34.4 Å². The summed E-state index contributed by atoms with van der Waals surface area (Å²) < 4.78 is 14.4. The molecule has 0 aliphatic carbocycles. The number of Topliss-reactive ketones (excluding diaryl/α,β-unsaturated/α-hetero) is 1. The molecule has 31 heavy (non-hydrogen) atoms. The highest BCUT2D eigenvalue weighted by molar-refractivity contribution is 9.10. The van der Waals surface area contributed by atoms with Gasteiger partial charge >= 0.3 is 0 Å². The number of nitrogens with zero attached hydrogens (tertiary/aromatic N) is 2. The zero-order chi connectivity index (χ0) is 21.8. The molecular weight excluding hydrogens is 461 g/mol. The number of carbonyl (C=O) groups is 2. The van der Waals surface area contributed by atoms with Crippen molar-refractivity contribution in [3.05, 3.63) is 94.0 Å². The minimum atomic E-state index is -1.19. The van der Waals surface area contributed by atoms with Crippen LogP contribution in [0.25, 0.3) is 0 Å². The molecule has 1 saturated heterocycles. The van der Waals surface area contributed by atoms with E-state index in [1.807, 2.05) is 30.1 Å². The van der Waals surface area contributed by atoms with Crippen molar-refractivity contribution in [1.82, 2.24) is 9.88 Å². The van der Waals surface area contributed by atoms with Crippen LogP contribution in [0, 0.1) is 11.7 Å². The molecule has 0 radical (unpaired) electrons. The Morgan fingerprint density at radius 1 is 1.19 bits per heavy atom. The van der Waals surface area contributed by atoms with Gasteiger partial charge in [-0.3, -0.25) is 19.5 Å². The van der Waals surface area contributed by atoms with Crippen LogP contribution in [0.1, 0.15) is 27.5 Å². The van der Waals surface area contributed by atoms with Crippen LogP contribution in [-0.4, -0.2) is 35.2 Å². The van der Waals surface area contributed by atoms with E-state index < -0.39 is 11.5 Å². The number of likely N-dealkylation sites (tertiary alicyclic amines) is 1. The SMILES string of the molecule is CN1CC(c2ccc(F)cc2)C(C(=O)c2ccccn2)C12C(=O)Nc1ccc(Br)cc12. The van der Waals surface area contributed by atoms with E-state index in [0.29, 0.717) is 17.9 Å². The van der Waals surface area contributed by atoms with Crippen molar-refractivity contribution in [3.63, 3.8) is 0 Å². The topological polar surface area (TPSA) is 62.3 Å². The number of hydrogen-bond donors (Lipinski definition) is 1. The first kappa shape index (κ1) is 20.0. The fraction of sp³-hybridized carbons (Fsp3) is 0.208. The third kappa shape index (κ3) is 2.95. The molecule has 2 aromatic carbocycles. The van der Waals surface area contributed by atoms with E-state index in [4.69, 9.17) is 0 Å². The van der Waals surface area contributed by atoms with Gasteiger partial charge in [0.25, 0.3) is 0 Å². The third-order valence-electron chi connectivity index (χ3n) is 6.41. The molecule has 1 spiro atoms. The summed E-state index contributed by atoms with van der Waals surface area (Å²) in [6.07, 6.45) is 1.57. The average Bonchev–Trinajstić information content (AvgIpc) is 3.24. The minimum Gasteiger partial charge on any atom is -0.324 e. The van der Waals surface area contributed by atoms with Crippen LogP contribution in [0.15, 0.2) is 71.3 Å². The molecule has 7 heteroatoms. The predicted molar refractivity (Wildman–Crippen MR) is 118 cm³/mol. The largest absolute Gasteiger partial charge is 0.324 e. The van der Waals surface area contributed by atoms with Crippen LogP contribution in [0.3, 0.4) is 0 Å². The van der Waals surface area contributed by atoms with E-state index in [1.165, 1.54) is 12.1 Å². The Morgan fingerprint density at radius 3 is 2.68 bits per heavy atom. The van der Waals surface area contributed by atoms with E-state index in [-0.39, 0.29) is 23.4 Å². The zero-order valence-corrected chi connectivity index (χ0v) is 18.3. The number of hydrogen-bond acceptors (Lipinski definition) is 4. The first-order valence-corrected chi connectivity index (χ1v) is 10.8. The molecule has 0 saturated carbocycles. The average molecular weight is 480 g/mol. The van der Waals surface area contributed by atoms with Gasteiger partial charge in [-0.05, 0) is 55.1 Å². The standard InChI is InChI=1S/C24H19BrFN3O2/c1-29-13-17(14-5-8-16(26)9-6-14)21(22(30)20-4-2-3-11-27-20)24(29)18-12-15(25)7-10-19(18)28-23(24)31/h2-12,17,21H,13H2,1H3,(H,28,31). The number of fused-ring (bicyclic) bond motifs is 2. The number of pyridine rings is 1. The van der Waals surface area contributed by atoms with Crippen LogP contribution in [0.5, 0.6) is 0 Å². The monoisotopic (exact) mass is 479 g/mol. The van der Waals surface area contributed by atoms with Crippen molar-refractivity contribution in [2.45, 2.75) is 11.5 Å². The second-order valence-corrected chi connectivity index (χ2v) is 8.92. The van der Waals surface area contributed by atoms with E-state index in [1.54, 1.807) is 36.5 Å². The Balaban J connectivity index is 1.74. The Labute approximate surface area is 187 Å². The van der Waals surface area contributed by atoms with Gasteiger partial charge in [-0.1, -0.05) is 34.1 Å². The highest BCUT2D eigenvalue weighted by Crippen LogP contribution is 2.55. The molecule has 1 N–H and O–H groups in total. The molecular formula is C24H19BrFN3O2. The lowest BCUT2D eigenvalue weighted by Crippen LogP contribution is -2.51. The van der Waals surface area contributed by atoms with Gasteiger partial charge in [-0.25, -0.2) is 4.39 Å². The van der Waals surface area contributed by atoms with E-state index in [0.717, 1.165) is 15.6 Å². The molecule has 1 aromatic heterocycles. The number of nitrogens with one attached hydrogen (secondary N) is 1. The second-order valence-electron chi connectivity index (χ2n) is 8.01. The van der Waals surface area contributed by atoms with Gasteiger partial charge in [-0.15, -0.1) is 0 Å². The Morgan fingerprint density at radius 2 is 1.97 bits per heavy atom. The number of halogens is 2. The van der Waals surface area contributed by atoms with E-state index in [2.05, 4.69) is 26.2 Å². The van der Waals surface area contributed by atoms with Crippen molar-refractivity contribution in [2.75, 3.05) is 18.9 Å². The van der Waals surface area contributed by atoms with E-state index >= 15 is 0 Å². The molecule has 2 aliphatic heterocycles. The summed E-state index contributed by atoms with van der Waals surface area (Å²) in [4.78, 5) is 33.7. The summed E-state index contributed by atoms with van der Waals surface area (Å²) in [7, 11) is 1.86. The molecule has 0 bridgehead atoms. The van der Waals surface area contributed by atoms with Gasteiger partial charge in [0.1, 0.15) is 17.1 Å². The summed E-state index contributed by atoms with van der Waals surface area (Å²) in [5.74, 6) is -1.82. The number of ketones is 1. The van der Waals surface area contributed by atoms with Crippen LogP contribution in [-0.2, 0) is 10.3 Å². The Bertz CT molecular complexity index is 1190. The number of amides is 1. The minimum absolute atomic E-state index is 0.206. The van der Waals surface area contributed by atoms with Gasteiger partial charge in [0.2, 0.25) is 5.91 Å². The molecule has 5 nitrogen and oxygen atoms in total.